The molecule has 1 heterocycles. The van der Waals surface area contributed by atoms with Crippen molar-refractivity contribution in [1.82, 2.24) is 9.80 Å². The van der Waals surface area contributed by atoms with Gasteiger partial charge in [-0.1, -0.05) is 11.6 Å². The van der Waals surface area contributed by atoms with Crippen molar-refractivity contribution in [3.05, 3.63) is 34.0 Å². The highest BCUT2D eigenvalue weighted by atomic mass is 35.5. The lowest BCUT2D eigenvalue weighted by Crippen LogP contribution is -2.47. The number of methoxy groups -OCH3 is 1. The number of nitrogens with zero attached hydrogens (tertiary/aromatic N) is 2. The molecule has 1 aliphatic rings. The average Bonchev–Trinajstić information content (AvgIpc) is 2.64. The van der Waals surface area contributed by atoms with E-state index >= 15 is 0 Å². The Balaban J connectivity index is 2.66. The van der Waals surface area contributed by atoms with Crippen LogP contribution in [0.2, 0.25) is 5.02 Å². The molecule has 1 atom stereocenters. The number of benzene rings is 1. The molecular formula is C18H21ClF2N2O5. The van der Waals surface area contributed by atoms with E-state index in [0.29, 0.717) is 11.3 Å². The fourth-order valence-corrected chi connectivity index (χ4v) is 3.29. The lowest BCUT2D eigenvalue weighted by molar-refractivity contribution is -0.139. The number of allylic oxidation sites excluding steroid dienone is 1. The third-order valence-corrected chi connectivity index (χ3v) is 4.69. The van der Waals surface area contributed by atoms with E-state index < -0.39 is 18.6 Å². The Bertz CT molecular complexity index is 815. The Kier molecular flexibility index (Phi) is 6.71. The van der Waals surface area contributed by atoms with Crippen LogP contribution in [-0.4, -0.2) is 56.2 Å². The second-order valence-corrected chi connectivity index (χ2v) is 6.39. The van der Waals surface area contributed by atoms with Gasteiger partial charge in [-0.15, -0.1) is 0 Å². The van der Waals surface area contributed by atoms with Gasteiger partial charge in [-0.3, -0.25) is 0 Å². The van der Waals surface area contributed by atoms with E-state index in [1.54, 1.807) is 13.8 Å². The van der Waals surface area contributed by atoms with Crippen LogP contribution in [0.15, 0.2) is 23.4 Å². The summed E-state index contributed by atoms with van der Waals surface area (Å²) in [5.41, 5.74) is 1.02. The van der Waals surface area contributed by atoms with E-state index in [2.05, 4.69) is 4.74 Å². The van der Waals surface area contributed by atoms with Crippen molar-refractivity contribution in [3.63, 3.8) is 0 Å². The second-order valence-electron chi connectivity index (χ2n) is 5.99. The van der Waals surface area contributed by atoms with Crippen LogP contribution < -0.4 is 9.47 Å². The van der Waals surface area contributed by atoms with Gasteiger partial charge in [-0.25, -0.2) is 9.59 Å². The predicted molar refractivity (Wildman–Crippen MR) is 97.6 cm³/mol. The molecule has 1 aliphatic heterocycles. The molecule has 0 aliphatic carbocycles. The summed E-state index contributed by atoms with van der Waals surface area (Å²) in [6.07, 6.45) is 0. The van der Waals surface area contributed by atoms with Crippen LogP contribution in [0, 0.1) is 0 Å². The molecule has 154 valence electrons. The van der Waals surface area contributed by atoms with Gasteiger partial charge >= 0.3 is 18.6 Å². The van der Waals surface area contributed by atoms with E-state index in [1.807, 2.05) is 0 Å². The highest BCUT2D eigenvalue weighted by Crippen LogP contribution is 2.43. The largest absolute Gasteiger partial charge is 0.493 e. The number of carbonyl (C=O) groups excluding carboxylic acids is 2. The highest BCUT2D eigenvalue weighted by Gasteiger charge is 2.40. The number of halogens is 3. The number of hydrogen-bond donors (Lipinski definition) is 0. The molecule has 28 heavy (non-hydrogen) atoms. The summed E-state index contributed by atoms with van der Waals surface area (Å²) in [6, 6.07) is 1.54. The summed E-state index contributed by atoms with van der Waals surface area (Å²) < 4.78 is 40.0. The van der Waals surface area contributed by atoms with Crippen LogP contribution in [0.3, 0.4) is 0 Å². The Morgan fingerprint density at radius 1 is 1.32 bits per heavy atom. The normalized spacial score (nSPS) is 17.3. The van der Waals surface area contributed by atoms with Gasteiger partial charge in [0.1, 0.15) is 0 Å². The van der Waals surface area contributed by atoms with Crippen LogP contribution >= 0.6 is 11.6 Å². The fraction of sp³-hybridized carbons (Fsp3) is 0.444. The number of ether oxygens (including phenoxy) is 3. The van der Waals surface area contributed by atoms with E-state index in [1.165, 1.54) is 43.1 Å². The number of urea groups is 1. The van der Waals surface area contributed by atoms with Gasteiger partial charge in [0.15, 0.2) is 11.5 Å². The van der Waals surface area contributed by atoms with Crippen molar-refractivity contribution in [1.29, 1.82) is 0 Å². The Morgan fingerprint density at radius 3 is 2.50 bits per heavy atom. The number of esters is 1. The molecule has 0 saturated carbocycles. The number of hydrogen-bond acceptors (Lipinski definition) is 5. The SMILES string of the molecule is CCOC(=O)C1=C(C)N(C)C(=O)N(C)[C@H]1c1cc(Cl)c(OC(F)F)c(OC)c1. The van der Waals surface area contributed by atoms with Gasteiger partial charge in [-0.2, -0.15) is 8.78 Å². The van der Waals surface area contributed by atoms with Crippen LogP contribution in [0.5, 0.6) is 11.5 Å². The fourth-order valence-electron chi connectivity index (χ4n) is 3.02. The number of carbonyl (C=O) groups is 2. The quantitative estimate of drug-likeness (QED) is 0.657. The van der Waals surface area contributed by atoms with E-state index in [0.717, 1.165) is 0 Å². The lowest BCUT2D eigenvalue weighted by atomic mass is 9.93. The van der Waals surface area contributed by atoms with Crippen molar-refractivity contribution < 1.29 is 32.6 Å². The Labute approximate surface area is 166 Å². The van der Waals surface area contributed by atoms with Crippen LogP contribution in [-0.2, 0) is 9.53 Å². The predicted octanol–water partition coefficient (Wildman–Crippen LogP) is 3.83. The number of alkyl halides is 2. The van der Waals surface area contributed by atoms with Gasteiger partial charge in [0.2, 0.25) is 0 Å². The number of likely N-dealkylation sites (N-methyl/N-ethyl adjacent to an activating group) is 1. The zero-order valence-electron chi connectivity index (χ0n) is 16.1. The summed E-state index contributed by atoms with van der Waals surface area (Å²) in [7, 11) is 4.32. The number of amides is 2. The molecule has 10 heteroatoms. The zero-order chi connectivity index (χ0) is 21.2. The van der Waals surface area contributed by atoms with Gasteiger partial charge < -0.3 is 24.0 Å². The summed E-state index contributed by atoms with van der Waals surface area (Å²) in [6.45, 7) is 0.342. The van der Waals surface area contributed by atoms with Gasteiger partial charge in [0.25, 0.3) is 0 Å². The molecule has 0 saturated heterocycles. The van der Waals surface area contributed by atoms with Crippen molar-refractivity contribution in [2.75, 3.05) is 27.8 Å². The summed E-state index contributed by atoms with van der Waals surface area (Å²) in [5, 5.41) is -0.143. The molecular weight excluding hydrogens is 398 g/mol. The van der Waals surface area contributed by atoms with Crippen molar-refractivity contribution in [2.45, 2.75) is 26.5 Å². The Morgan fingerprint density at radius 2 is 1.96 bits per heavy atom. The molecule has 7 nitrogen and oxygen atoms in total. The molecule has 0 N–H and O–H groups in total. The minimum Gasteiger partial charge on any atom is -0.493 e. The molecule has 0 radical (unpaired) electrons. The topological polar surface area (TPSA) is 68.3 Å². The summed E-state index contributed by atoms with van der Waals surface area (Å²) >= 11 is 6.13. The van der Waals surface area contributed by atoms with Crippen LogP contribution in [0.25, 0.3) is 0 Å². The van der Waals surface area contributed by atoms with E-state index in [9.17, 15) is 18.4 Å². The molecule has 0 spiro atoms. The third kappa shape index (κ3) is 3.99. The molecule has 1 aromatic carbocycles. The summed E-state index contributed by atoms with van der Waals surface area (Å²) in [4.78, 5) is 27.8. The standard InChI is InChI=1S/C18H21ClF2N2O5/c1-6-27-16(24)13-9(2)22(3)18(25)23(4)14(13)10-7-11(19)15(28-17(20)21)12(8-10)26-5/h7-8,14,17H,6H2,1-5H3/t14-/m0/s1. The third-order valence-electron chi connectivity index (χ3n) is 4.41. The van der Waals surface area contributed by atoms with Crippen molar-refractivity contribution in [3.8, 4) is 11.5 Å². The monoisotopic (exact) mass is 418 g/mol. The maximum atomic E-state index is 12.7. The van der Waals surface area contributed by atoms with Gasteiger partial charge in [0.05, 0.1) is 30.4 Å². The molecule has 2 rings (SSSR count). The molecule has 1 aromatic rings. The first-order valence-corrected chi connectivity index (χ1v) is 8.72. The van der Waals surface area contributed by atoms with Crippen LogP contribution in [0.1, 0.15) is 25.5 Å². The zero-order valence-corrected chi connectivity index (χ0v) is 16.8. The molecule has 0 bridgehead atoms. The van der Waals surface area contributed by atoms with Crippen LogP contribution in [0.4, 0.5) is 13.6 Å². The highest BCUT2D eigenvalue weighted by molar-refractivity contribution is 6.32. The first kappa shape index (κ1) is 21.7. The minimum atomic E-state index is -3.10. The molecule has 2 amide bonds. The lowest BCUT2D eigenvalue weighted by Gasteiger charge is -2.39. The smallest absolute Gasteiger partial charge is 0.387 e. The average molecular weight is 419 g/mol. The van der Waals surface area contributed by atoms with E-state index in [-0.39, 0.29) is 34.7 Å². The van der Waals surface area contributed by atoms with Gasteiger partial charge in [0, 0.05) is 19.8 Å². The maximum absolute atomic E-state index is 12.7. The van der Waals surface area contributed by atoms with E-state index in [4.69, 9.17) is 21.1 Å². The first-order chi connectivity index (χ1) is 13.1. The molecule has 0 unspecified atom stereocenters. The summed E-state index contributed by atoms with van der Waals surface area (Å²) in [5.74, 6) is -0.981. The van der Waals surface area contributed by atoms with Gasteiger partial charge in [-0.05, 0) is 31.5 Å². The molecule has 0 aromatic heterocycles. The number of rotatable bonds is 6. The maximum Gasteiger partial charge on any atom is 0.387 e. The van der Waals surface area contributed by atoms with Crippen molar-refractivity contribution >= 4 is 23.6 Å². The van der Waals surface area contributed by atoms with Crippen molar-refractivity contribution in [2.24, 2.45) is 0 Å². The second kappa shape index (κ2) is 8.64. The first-order valence-electron chi connectivity index (χ1n) is 8.34. The minimum absolute atomic E-state index is 0.0524. The Hall–Kier alpha value is -2.55. The molecule has 0 fully saturated rings.